The molecule has 0 radical (unpaired) electrons. The fourth-order valence-corrected chi connectivity index (χ4v) is 3.94. The summed E-state index contributed by atoms with van der Waals surface area (Å²) in [7, 11) is -3.40. The summed E-state index contributed by atoms with van der Waals surface area (Å²) < 4.78 is 24.1. The molecule has 1 aromatic carbocycles. The zero-order valence-corrected chi connectivity index (χ0v) is 12.2. The Bertz CT molecular complexity index is 525. The van der Waals surface area contributed by atoms with Crippen LogP contribution in [0.4, 0.5) is 0 Å². The van der Waals surface area contributed by atoms with E-state index in [4.69, 9.17) is 5.11 Å². The molecule has 0 spiro atoms. The van der Waals surface area contributed by atoms with Gasteiger partial charge in [0.15, 0.2) is 9.84 Å². The van der Waals surface area contributed by atoms with Crippen LogP contribution in [0.2, 0.25) is 0 Å². The highest BCUT2D eigenvalue weighted by atomic mass is 79.9. The van der Waals surface area contributed by atoms with E-state index in [0.717, 1.165) is 0 Å². The predicted octanol–water partition coefficient (Wildman–Crippen LogP) is 2.28. The molecule has 0 aliphatic heterocycles. The molecule has 17 heavy (non-hydrogen) atoms. The van der Waals surface area contributed by atoms with Gasteiger partial charge in [0.1, 0.15) is 0 Å². The lowest BCUT2D eigenvalue weighted by Gasteiger charge is -2.05. The van der Waals surface area contributed by atoms with Crippen LogP contribution in [0.25, 0.3) is 0 Å². The minimum Gasteiger partial charge on any atom is -0.478 e. The number of sulfone groups is 1. The van der Waals surface area contributed by atoms with E-state index in [-0.39, 0.29) is 16.2 Å². The lowest BCUT2D eigenvalue weighted by Crippen LogP contribution is -2.10. The Kier molecular flexibility index (Phi) is 5.03. The summed E-state index contributed by atoms with van der Waals surface area (Å²) in [5.74, 6) is -0.658. The monoisotopic (exact) mass is 338 g/mol. The maximum atomic E-state index is 11.9. The number of carbonyl (C=O) groups is 1. The fraction of sp³-hybridized carbons (Fsp3) is 0.300. The maximum absolute atomic E-state index is 11.9. The molecular formula is C10H11BrO4S2. The zero-order valence-electron chi connectivity index (χ0n) is 9.01. The van der Waals surface area contributed by atoms with Gasteiger partial charge in [-0.25, -0.2) is 13.2 Å². The number of hydrogen-bond acceptors (Lipinski definition) is 4. The van der Waals surface area contributed by atoms with Crippen LogP contribution in [0.3, 0.4) is 0 Å². The van der Waals surface area contributed by atoms with Crippen LogP contribution in [-0.2, 0) is 9.84 Å². The van der Waals surface area contributed by atoms with Gasteiger partial charge in [0.2, 0.25) is 0 Å². The summed E-state index contributed by atoms with van der Waals surface area (Å²) in [5.41, 5.74) is -0.0461. The Balaban J connectivity index is 3.16. The normalized spacial score (nSPS) is 11.4. The van der Waals surface area contributed by atoms with E-state index in [1.807, 2.05) is 6.26 Å². The van der Waals surface area contributed by atoms with Crippen molar-refractivity contribution in [3.8, 4) is 0 Å². The number of halogens is 1. The highest BCUT2D eigenvalue weighted by Crippen LogP contribution is 2.22. The number of aromatic carboxylic acids is 1. The Hall–Kier alpha value is -0.530. The Labute approximate surface area is 112 Å². The van der Waals surface area contributed by atoms with E-state index >= 15 is 0 Å². The molecule has 0 saturated carbocycles. The molecule has 0 heterocycles. The molecule has 0 amide bonds. The average Bonchev–Trinajstić information content (AvgIpc) is 2.26. The minimum absolute atomic E-state index is 0.00879. The van der Waals surface area contributed by atoms with Crippen molar-refractivity contribution in [1.29, 1.82) is 0 Å². The standard InChI is InChI=1S/C10H11BrO4S2/c1-16-4-5-17(14,15)7-2-3-9(11)8(6-7)10(12)13/h2-3,6H,4-5H2,1H3,(H,12,13). The summed E-state index contributed by atoms with van der Waals surface area (Å²) in [6, 6.07) is 4.03. The molecule has 7 heteroatoms. The van der Waals surface area contributed by atoms with Crippen LogP contribution < -0.4 is 0 Å². The van der Waals surface area contributed by atoms with Gasteiger partial charge in [-0.15, -0.1) is 0 Å². The van der Waals surface area contributed by atoms with Crippen LogP contribution in [-0.4, -0.2) is 37.3 Å². The summed E-state index contributed by atoms with van der Waals surface area (Å²) in [6.45, 7) is 0. The molecule has 0 bridgehead atoms. The van der Waals surface area contributed by atoms with Crippen LogP contribution in [0, 0.1) is 0 Å². The minimum atomic E-state index is -3.40. The molecule has 0 fully saturated rings. The molecule has 0 saturated heterocycles. The molecule has 1 aromatic rings. The first-order valence-corrected chi connectivity index (χ1v) is 8.47. The third-order valence-electron chi connectivity index (χ3n) is 2.08. The van der Waals surface area contributed by atoms with E-state index in [1.165, 1.54) is 30.0 Å². The van der Waals surface area contributed by atoms with Gasteiger partial charge < -0.3 is 5.11 Å². The number of thioether (sulfide) groups is 1. The van der Waals surface area contributed by atoms with E-state index in [9.17, 15) is 13.2 Å². The van der Waals surface area contributed by atoms with Crippen molar-refractivity contribution in [3.05, 3.63) is 28.2 Å². The van der Waals surface area contributed by atoms with E-state index < -0.39 is 15.8 Å². The predicted molar refractivity (Wildman–Crippen MR) is 71.5 cm³/mol. The highest BCUT2D eigenvalue weighted by molar-refractivity contribution is 9.10. The lowest BCUT2D eigenvalue weighted by molar-refractivity contribution is 0.0695. The number of hydrogen-bond donors (Lipinski definition) is 1. The van der Waals surface area contributed by atoms with Crippen molar-refractivity contribution >= 4 is 43.5 Å². The van der Waals surface area contributed by atoms with Crippen LogP contribution in [0.5, 0.6) is 0 Å². The van der Waals surface area contributed by atoms with Gasteiger partial charge in [0.05, 0.1) is 16.2 Å². The smallest absolute Gasteiger partial charge is 0.336 e. The second kappa shape index (κ2) is 5.88. The Morgan fingerprint density at radius 3 is 2.65 bits per heavy atom. The van der Waals surface area contributed by atoms with E-state index in [0.29, 0.717) is 10.2 Å². The second-order valence-electron chi connectivity index (χ2n) is 3.26. The van der Waals surface area contributed by atoms with Crippen LogP contribution in [0.1, 0.15) is 10.4 Å². The van der Waals surface area contributed by atoms with Gasteiger partial charge in [-0.2, -0.15) is 11.8 Å². The number of rotatable bonds is 5. The average molecular weight is 339 g/mol. The SMILES string of the molecule is CSCCS(=O)(=O)c1ccc(Br)c(C(=O)O)c1. The molecule has 0 unspecified atom stereocenters. The summed E-state index contributed by atoms with van der Waals surface area (Å²) >= 11 is 4.50. The third kappa shape index (κ3) is 3.72. The van der Waals surface area contributed by atoms with Gasteiger partial charge in [-0.05, 0) is 40.4 Å². The Morgan fingerprint density at radius 2 is 2.12 bits per heavy atom. The molecule has 94 valence electrons. The molecule has 0 atom stereocenters. The zero-order chi connectivity index (χ0) is 13.1. The number of benzene rings is 1. The lowest BCUT2D eigenvalue weighted by atomic mass is 10.2. The maximum Gasteiger partial charge on any atom is 0.336 e. The third-order valence-corrected chi connectivity index (χ3v) is 5.36. The van der Waals surface area contributed by atoms with Crippen molar-refractivity contribution in [2.75, 3.05) is 17.8 Å². The van der Waals surface area contributed by atoms with Crippen molar-refractivity contribution in [3.63, 3.8) is 0 Å². The van der Waals surface area contributed by atoms with E-state index in [2.05, 4.69) is 15.9 Å². The molecule has 0 aliphatic rings. The molecule has 0 aromatic heterocycles. The van der Waals surface area contributed by atoms with Gasteiger partial charge in [0.25, 0.3) is 0 Å². The molecule has 4 nitrogen and oxygen atoms in total. The second-order valence-corrected chi connectivity index (χ2v) is 7.21. The van der Waals surface area contributed by atoms with Crippen molar-refractivity contribution in [2.45, 2.75) is 4.90 Å². The van der Waals surface area contributed by atoms with Gasteiger partial charge in [0, 0.05) is 10.2 Å². The quantitative estimate of drug-likeness (QED) is 0.891. The molecule has 1 N–H and O–H groups in total. The van der Waals surface area contributed by atoms with Gasteiger partial charge >= 0.3 is 5.97 Å². The van der Waals surface area contributed by atoms with Crippen molar-refractivity contribution in [1.82, 2.24) is 0 Å². The van der Waals surface area contributed by atoms with E-state index in [1.54, 1.807) is 0 Å². The largest absolute Gasteiger partial charge is 0.478 e. The van der Waals surface area contributed by atoms with Crippen LogP contribution in [0.15, 0.2) is 27.6 Å². The van der Waals surface area contributed by atoms with Crippen LogP contribution >= 0.6 is 27.7 Å². The number of carboxylic acids is 1. The fourth-order valence-electron chi connectivity index (χ4n) is 1.17. The highest BCUT2D eigenvalue weighted by Gasteiger charge is 2.17. The topological polar surface area (TPSA) is 71.4 Å². The number of carboxylic acid groups (broad SMARTS) is 1. The molecular weight excluding hydrogens is 328 g/mol. The first kappa shape index (κ1) is 14.5. The van der Waals surface area contributed by atoms with Gasteiger partial charge in [-0.1, -0.05) is 0 Å². The van der Waals surface area contributed by atoms with Gasteiger partial charge in [-0.3, -0.25) is 0 Å². The summed E-state index contributed by atoms with van der Waals surface area (Å²) in [5, 5.41) is 8.90. The Morgan fingerprint density at radius 1 is 1.47 bits per heavy atom. The summed E-state index contributed by atoms with van der Waals surface area (Å²) in [4.78, 5) is 10.9. The summed E-state index contributed by atoms with van der Waals surface area (Å²) in [6.07, 6.45) is 1.82. The first-order chi connectivity index (χ1) is 7.88. The molecule has 1 rings (SSSR count). The van der Waals surface area contributed by atoms with Crippen molar-refractivity contribution < 1.29 is 18.3 Å². The van der Waals surface area contributed by atoms with Crippen molar-refractivity contribution in [2.24, 2.45) is 0 Å². The first-order valence-electron chi connectivity index (χ1n) is 4.63. The molecule has 0 aliphatic carbocycles.